The summed E-state index contributed by atoms with van der Waals surface area (Å²) < 4.78 is 5.45. The van der Waals surface area contributed by atoms with Crippen molar-refractivity contribution in [3.63, 3.8) is 0 Å². The Balaban J connectivity index is 1.85. The van der Waals surface area contributed by atoms with Gasteiger partial charge in [0.2, 0.25) is 0 Å². The minimum Gasteiger partial charge on any atom is -0.443 e. The van der Waals surface area contributed by atoms with E-state index in [-0.39, 0.29) is 0 Å². The molecule has 0 spiro atoms. The van der Waals surface area contributed by atoms with Crippen molar-refractivity contribution in [3.05, 3.63) is 30.2 Å². The first-order valence-electron chi connectivity index (χ1n) is 5.98. The molecule has 1 fully saturated rings. The van der Waals surface area contributed by atoms with Gasteiger partial charge in [-0.3, -0.25) is 0 Å². The van der Waals surface area contributed by atoms with Crippen LogP contribution in [0.1, 0.15) is 24.8 Å². The highest BCUT2D eigenvalue weighted by Gasteiger charge is 2.15. The lowest BCUT2D eigenvalue weighted by Crippen LogP contribution is -2.35. The maximum Gasteiger partial charge on any atom is 0.181 e. The lowest BCUT2D eigenvalue weighted by atomic mass is 9.97. The van der Waals surface area contributed by atoms with Crippen molar-refractivity contribution >= 4 is 11.1 Å². The molecule has 1 N–H and O–H groups in total. The smallest absolute Gasteiger partial charge is 0.181 e. The Morgan fingerprint density at radius 2 is 2.38 bits per heavy atom. The third-order valence-corrected chi connectivity index (χ3v) is 3.32. The largest absolute Gasteiger partial charge is 0.443 e. The molecule has 1 aliphatic heterocycles. The fourth-order valence-electron chi connectivity index (χ4n) is 2.47. The minimum atomic E-state index is 0.601. The van der Waals surface area contributed by atoms with Crippen LogP contribution < -0.4 is 5.32 Å². The van der Waals surface area contributed by atoms with Gasteiger partial charge in [-0.1, -0.05) is 18.6 Å². The first-order valence-corrected chi connectivity index (χ1v) is 5.98. The number of piperidine rings is 1. The van der Waals surface area contributed by atoms with Gasteiger partial charge in [-0.15, -0.1) is 0 Å². The van der Waals surface area contributed by atoms with Gasteiger partial charge in [0.15, 0.2) is 12.0 Å². The second-order valence-corrected chi connectivity index (χ2v) is 4.47. The number of oxazole rings is 1. The molecule has 2 heterocycles. The summed E-state index contributed by atoms with van der Waals surface area (Å²) in [5, 5.41) is 3.56. The molecule has 1 aliphatic rings. The molecule has 0 bridgehead atoms. The van der Waals surface area contributed by atoms with Crippen molar-refractivity contribution < 1.29 is 4.42 Å². The van der Waals surface area contributed by atoms with Gasteiger partial charge in [-0.25, -0.2) is 4.98 Å². The summed E-state index contributed by atoms with van der Waals surface area (Å²) in [6, 6.07) is 6.80. The maximum absolute atomic E-state index is 5.45. The molecular formula is C13H16N2O. The summed E-state index contributed by atoms with van der Waals surface area (Å²) in [4.78, 5) is 4.19. The molecule has 16 heavy (non-hydrogen) atoms. The quantitative estimate of drug-likeness (QED) is 0.838. The summed E-state index contributed by atoms with van der Waals surface area (Å²) in [6.45, 7) is 1.15. The summed E-state index contributed by atoms with van der Waals surface area (Å²) in [5.74, 6) is 0. The average molecular weight is 216 g/mol. The van der Waals surface area contributed by atoms with E-state index in [4.69, 9.17) is 4.42 Å². The Morgan fingerprint density at radius 1 is 1.38 bits per heavy atom. The second-order valence-electron chi connectivity index (χ2n) is 4.47. The van der Waals surface area contributed by atoms with E-state index in [1.54, 1.807) is 0 Å². The van der Waals surface area contributed by atoms with Crippen LogP contribution in [0.5, 0.6) is 0 Å². The van der Waals surface area contributed by atoms with Gasteiger partial charge in [-0.05, 0) is 37.4 Å². The van der Waals surface area contributed by atoms with Crippen molar-refractivity contribution in [1.29, 1.82) is 0 Å². The zero-order valence-electron chi connectivity index (χ0n) is 9.28. The van der Waals surface area contributed by atoms with Gasteiger partial charge < -0.3 is 9.73 Å². The third-order valence-electron chi connectivity index (χ3n) is 3.32. The molecule has 1 aromatic heterocycles. The highest BCUT2D eigenvalue weighted by atomic mass is 16.3. The van der Waals surface area contributed by atoms with Crippen molar-refractivity contribution in [2.24, 2.45) is 0 Å². The topological polar surface area (TPSA) is 38.1 Å². The minimum absolute atomic E-state index is 0.601. The molecule has 3 heteroatoms. The molecular weight excluding hydrogens is 200 g/mol. The van der Waals surface area contributed by atoms with Crippen LogP contribution in [-0.4, -0.2) is 17.6 Å². The Morgan fingerprint density at radius 3 is 3.25 bits per heavy atom. The van der Waals surface area contributed by atoms with Crippen LogP contribution in [0.4, 0.5) is 0 Å². The molecule has 2 aromatic rings. The molecule has 0 aliphatic carbocycles. The molecule has 1 unspecified atom stereocenters. The molecule has 1 saturated heterocycles. The number of para-hydroxylation sites is 1. The number of rotatable bonds is 2. The number of hydrogen-bond acceptors (Lipinski definition) is 3. The Bertz CT molecular complexity index is 471. The fraction of sp³-hybridized carbons (Fsp3) is 0.462. The Kier molecular flexibility index (Phi) is 2.62. The van der Waals surface area contributed by atoms with E-state index in [1.165, 1.54) is 31.2 Å². The van der Waals surface area contributed by atoms with Crippen LogP contribution in [0.2, 0.25) is 0 Å². The predicted molar refractivity (Wildman–Crippen MR) is 63.4 cm³/mol. The van der Waals surface area contributed by atoms with Gasteiger partial charge >= 0.3 is 0 Å². The van der Waals surface area contributed by atoms with Crippen molar-refractivity contribution in [2.45, 2.75) is 31.7 Å². The zero-order chi connectivity index (χ0) is 10.8. The number of hydrogen-bond donors (Lipinski definition) is 1. The van der Waals surface area contributed by atoms with Crippen molar-refractivity contribution in [3.8, 4) is 0 Å². The van der Waals surface area contributed by atoms with Gasteiger partial charge in [0, 0.05) is 6.04 Å². The van der Waals surface area contributed by atoms with Gasteiger partial charge in [0.25, 0.3) is 0 Å². The molecule has 1 atom stereocenters. The van der Waals surface area contributed by atoms with E-state index >= 15 is 0 Å². The van der Waals surface area contributed by atoms with E-state index in [0.717, 1.165) is 24.1 Å². The number of benzene rings is 1. The normalized spacial score (nSPS) is 21.4. The first-order chi connectivity index (χ1) is 7.93. The third kappa shape index (κ3) is 1.83. The Labute approximate surface area is 94.9 Å². The lowest BCUT2D eigenvalue weighted by molar-refractivity contribution is 0.399. The number of nitrogens with zero attached hydrogens (tertiary/aromatic N) is 1. The number of fused-ring (bicyclic) bond motifs is 1. The molecule has 0 saturated carbocycles. The standard InChI is InChI=1S/C13H16N2O/c1-2-7-14-11(5-1)8-10-4-3-6-12-13(10)16-9-15-12/h3-4,6,9,11,14H,1-2,5,7-8H2. The van der Waals surface area contributed by atoms with E-state index in [0.29, 0.717) is 6.04 Å². The maximum atomic E-state index is 5.45. The highest BCUT2D eigenvalue weighted by Crippen LogP contribution is 2.20. The van der Waals surface area contributed by atoms with Gasteiger partial charge in [0.05, 0.1) is 0 Å². The average Bonchev–Trinajstić information content (AvgIpc) is 2.80. The fourth-order valence-corrected chi connectivity index (χ4v) is 2.47. The summed E-state index contributed by atoms with van der Waals surface area (Å²) in [7, 11) is 0. The molecule has 0 radical (unpaired) electrons. The van der Waals surface area contributed by atoms with E-state index in [1.807, 2.05) is 6.07 Å². The van der Waals surface area contributed by atoms with Crippen molar-refractivity contribution in [2.75, 3.05) is 6.54 Å². The molecule has 1 aromatic carbocycles. The van der Waals surface area contributed by atoms with Crippen LogP contribution >= 0.6 is 0 Å². The second kappa shape index (κ2) is 4.26. The van der Waals surface area contributed by atoms with Crippen LogP contribution in [-0.2, 0) is 6.42 Å². The summed E-state index contributed by atoms with van der Waals surface area (Å²) in [6.07, 6.45) is 6.49. The zero-order valence-corrected chi connectivity index (χ0v) is 9.28. The highest BCUT2D eigenvalue weighted by molar-refractivity contribution is 5.75. The van der Waals surface area contributed by atoms with Crippen LogP contribution in [0, 0.1) is 0 Å². The SMILES string of the molecule is c1cc(CC2CCCCN2)c2ocnc2c1. The van der Waals surface area contributed by atoms with Crippen molar-refractivity contribution in [1.82, 2.24) is 10.3 Å². The molecule has 0 amide bonds. The molecule has 84 valence electrons. The summed E-state index contributed by atoms with van der Waals surface area (Å²) >= 11 is 0. The number of aromatic nitrogens is 1. The number of nitrogens with one attached hydrogen (secondary N) is 1. The molecule has 3 nitrogen and oxygen atoms in total. The predicted octanol–water partition coefficient (Wildman–Crippen LogP) is 2.51. The van der Waals surface area contributed by atoms with Crippen LogP contribution in [0.3, 0.4) is 0 Å². The van der Waals surface area contributed by atoms with Crippen LogP contribution in [0.25, 0.3) is 11.1 Å². The Hall–Kier alpha value is -1.35. The van der Waals surface area contributed by atoms with E-state index in [2.05, 4.69) is 22.4 Å². The van der Waals surface area contributed by atoms with E-state index in [9.17, 15) is 0 Å². The first kappa shape index (κ1) is 9.85. The van der Waals surface area contributed by atoms with Gasteiger partial charge in [-0.2, -0.15) is 0 Å². The lowest BCUT2D eigenvalue weighted by Gasteiger charge is -2.23. The van der Waals surface area contributed by atoms with Gasteiger partial charge in [0.1, 0.15) is 5.52 Å². The monoisotopic (exact) mass is 216 g/mol. The summed E-state index contributed by atoms with van der Waals surface area (Å²) in [5.41, 5.74) is 3.19. The van der Waals surface area contributed by atoms with E-state index < -0.39 is 0 Å². The van der Waals surface area contributed by atoms with Crippen LogP contribution in [0.15, 0.2) is 29.0 Å². The molecule has 3 rings (SSSR count).